The number of nitrogens with one attached hydrogen (secondary N) is 3. The van der Waals surface area contributed by atoms with Crippen LogP contribution in [0.2, 0.25) is 0 Å². The first-order chi connectivity index (χ1) is 11.0. The SMILES string of the molecule is CNC(C)CNC(=O)C1CSC(Cc2ccccc2F)C(=O)N1.Cl. The molecule has 0 saturated carbocycles. The third kappa shape index (κ3) is 5.65. The fourth-order valence-electron chi connectivity index (χ4n) is 2.23. The Morgan fingerprint density at radius 1 is 1.46 bits per heavy atom. The number of likely N-dealkylation sites (N-methyl/N-ethyl adjacent to an activating group) is 1. The maximum Gasteiger partial charge on any atom is 0.243 e. The Bertz CT molecular complexity index is 576. The lowest BCUT2D eigenvalue weighted by Crippen LogP contribution is -2.55. The number of rotatable bonds is 6. The van der Waals surface area contributed by atoms with Gasteiger partial charge >= 0.3 is 0 Å². The molecule has 2 amide bonds. The Morgan fingerprint density at radius 3 is 2.79 bits per heavy atom. The van der Waals surface area contributed by atoms with Gasteiger partial charge in [-0.1, -0.05) is 18.2 Å². The zero-order valence-electron chi connectivity index (χ0n) is 13.7. The highest BCUT2D eigenvalue weighted by molar-refractivity contribution is 8.00. The van der Waals surface area contributed by atoms with Crippen molar-refractivity contribution in [1.29, 1.82) is 0 Å². The van der Waals surface area contributed by atoms with Crippen molar-refractivity contribution >= 4 is 36.0 Å². The largest absolute Gasteiger partial charge is 0.353 e. The number of benzene rings is 1. The second-order valence-electron chi connectivity index (χ2n) is 5.61. The number of halogens is 2. The van der Waals surface area contributed by atoms with E-state index in [1.165, 1.54) is 17.8 Å². The molecular formula is C16H23ClFN3O2S. The van der Waals surface area contributed by atoms with Crippen molar-refractivity contribution in [2.45, 2.75) is 30.7 Å². The molecule has 134 valence electrons. The molecule has 8 heteroatoms. The van der Waals surface area contributed by atoms with Gasteiger partial charge < -0.3 is 16.0 Å². The Labute approximate surface area is 151 Å². The molecule has 0 bridgehead atoms. The molecule has 5 nitrogen and oxygen atoms in total. The van der Waals surface area contributed by atoms with E-state index in [0.717, 1.165) is 0 Å². The molecule has 0 aliphatic carbocycles. The predicted molar refractivity (Wildman–Crippen MR) is 97.1 cm³/mol. The van der Waals surface area contributed by atoms with E-state index in [9.17, 15) is 14.0 Å². The summed E-state index contributed by atoms with van der Waals surface area (Å²) in [6.07, 6.45) is 0.328. The van der Waals surface area contributed by atoms with Gasteiger partial charge in [0.05, 0.1) is 5.25 Å². The van der Waals surface area contributed by atoms with Crippen molar-refractivity contribution < 1.29 is 14.0 Å². The number of hydrogen-bond acceptors (Lipinski definition) is 4. The van der Waals surface area contributed by atoms with E-state index < -0.39 is 6.04 Å². The first-order valence-corrected chi connectivity index (χ1v) is 8.66. The number of hydrogen-bond donors (Lipinski definition) is 3. The highest BCUT2D eigenvalue weighted by Gasteiger charge is 2.32. The van der Waals surface area contributed by atoms with Crippen LogP contribution in [-0.2, 0) is 16.0 Å². The van der Waals surface area contributed by atoms with Crippen molar-refractivity contribution in [1.82, 2.24) is 16.0 Å². The van der Waals surface area contributed by atoms with E-state index in [1.807, 2.05) is 14.0 Å². The van der Waals surface area contributed by atoms with Crippen LogP contribution in [0.15, 0.2) is 24.3 Å². The van der Waals surface area contributed by atoms with Gasteiger partial charge in [-0.3, -0.25) is 9.59 Å². The minimum Gasteiger partial charge on any atom is -0.353 e. The molecule has 1 aliphatic rings. The van der Waals surface area contributed by atoms with Gasteiger partial charge in [0.1, 0.15) is 11.9 Å². The van der Waals surface area contributed by atoms with Gasteiger partial charge in [-0.2, -0.15) is 0 Å². The van der Waals surface area contributed by atoms with Gasteiger partial charge in [-0.05, 0) is 32.0 Å². The monoisotopic (exact) mass is 375 g/mol. The molecule has 1 heterocycles. The van der Waals surface area contributed by atoms with Crippen LogP contribution in [0.3, 0.4) is 0 Å². The minimum atomic E-state index is -0.534. The lowest BCUT2D eigenvalue weighted by molar-refractivity contribution is -0.128. The van der Waals surface area contributed by atoms with E-state index in [2.05, 4.69) is 16.0 Å². The number of amides is 2. The van der Waals surface area contributed by atoms with Crippen LogP contribution >= 0.6 is 24.2 Å². The standard InChI is InChI=1S/C16H22FN3O2S.ClH/c1-10(18-2)8-19-15(21)13-9-23-14(16(22)20-13)7-11-5-3-4-6-12(11)17;/h3-6,10,13-14,18H,7-9H2,1-2H3,(H,19,21)(H,20,22);1H. The van der Waals surface area contributed by atoms with E-state index in [-0.39, 0.29) is 41.3 Å². The molecule has 2 rings (SSSR count). The lowest BCUT2D eigenvalue weighted by atomic mass is 10.1. The zero-order valence-corrected chi connectivity index (χ0v) is 15.3. The Balaban J connectivity index is 0.00000288. The quantitative estimate of drug-likeness (QED) is 0.696. The third-order valence-electron chi connectivity index (χ3n) is 3.83. The smallest absolute Gasteiger partial charge is 0.243 e. The number of carbonyl (C=O) groups is 2. The summed E-state index contributed by atoms with van der Waals surface area (Å²) in [6.45, 7) is 2.46. The third-order valence-corrected chi connectivity index (χ3v) is 5.14. The van der Waals surface area contributed by atoms with E-state index in [4.69, 9.17) is 0 Å². The molecule has 1 aliphatic heterocycles. The van der Waals surface area contributed by atoms with Gasteiger partial charge in [0.15, 0.2) is 0 Å². The van der Waals surface area contributed by atoms with E-state index in [0.29, 0.717) is 24.3 Å². The molecule has 1 fully saturated rings. The summed E-state index contributed by atoms with van der Waals surface area (Å²) < 4.78 is 13.7. The molecule has 0 radical (unpaired) electrons. The molecule has 3 N–H and O–H groups in total. The Kier molecular flexibility index (Phi) is 8.52. The normalized spacial score (nSPS) is 21.4. The summed E-state index contributed by atoms with van der Waals surface area (Å²) >= 11 is 1.40. The summed E-state index contributed by atoms with van der Waals surface area (Å²) in [7, 11) is 1.82. The fourth-order valence-corrected chi connectivity index (χ4v) is 3.41. The summed E-state index contributed by atoms with van der Waals surface area (Å²) in [5.41, 5.74) is 0.519. The second-order valence-corrected chi connectivity index (χ2v) is 6.85. The van der Waals surface area contributed by atoms with Crippen LogP contribution in [0, 0.1) is 5.82 Å². The summed E-state index contributed by atoms with van der Waals surface area (Å²) in [5, 5.41) is 8.20. The van der Waals surface area contributed by atoms with Gasteiger partial charge in [-0.25, -0.2) is 4.39 Å². The van der Waals surface area contributed by atoms with Gasteiger partial charge in [0.25, 0.3) is 0 Å². The number of thioether (sulfide) groups is 1. The van der Waals surface area contributed by atoms with E-state index in [1.54, 1.807) is 18.2 Å². The van der Waals surface area contributed by atoms with Crippen LogP contribution in [-0.4, -0.2) is 48.5 Å². The van der Waals surface area contributed by atoms with Crippen molar-refractivity contribution in [3.8, 4) is 0 Å². The molecule has 1 aromatic carbocycles. The molecule has 3 unspecified atom stereocenters. The maximum atomic E-state index is 13.7. The van der Waals surface area contributed by atoms with Gasteiger partial charge in [0, 0.05) is 18.3 Å². The van der Waals surface area contributed by atoms with Crippen molar-refractivity contribution in [3.05, 3.63) is 35.6 Å². The molecule has 1 aromatic rings. The van der Waals surface area contributed by atoms with E-state index >= 15 is 0 Å². The molecule has 24 heavy (non-hydrogen) atoms. The highest BCUT2D eigenvalue weighted by atomic mass is 35.5. The van der Waals surface area contributed by atoms with Crippen LogP contribution in [0.5, 0.6) is 0 Å². The molecular weight excluding hydrogens is 353 g/mol. The first-order valence-electron chi connectivity index (χ1n) is 7.61. The Morgan fingerprint density at radius 2 is 2.17 bits per heavy atom. The van der Waals surface area contributed by atoms with Crippen molar-refractivity contribution in [3.63, 3.8) is 0 Å². The van der Waals surface area contributed by atoms with Crippen molar-refractivity contribution in [2.75, 3.05) is 19.3 Å². The van der Waals surface area contributed by atoms with Gasteiger partial charge in [-0.15, -0.1) is 24.2 Å². The molecule has 3 atom stereocenters. The average Bonchev–Trinajstić information content (AvgIpc) is 2.56. The summed E-state index contributed by atoms with van der Waals surface area (Å²) in [5.74, 6) is -0.213. The topological polar surface area (TPSA) is 70.2 Å². The van der Waals surface area contributed by atoms with Gasteiger partial charge in [0.2, 0.25) is 11.8 Å². The zero-order chi connectivity index (χ0) is 16.8. The fraction of sp³-hybridized carbons (Fsp3) is 0.500. The minimum absolute atomic E-state index is 0. The lowest BCUT2D eigenvalue weighted by Gasteiger charge is -2.28. The summed E-state index contributed by atoms with van der Waals surface area (Å²) in [4.78, 5) is 24.2. The molecule has 1 saturated heterocycles. The van der Waals surface area contributed by atoms with Crippen LogP contribution in [0.25, 0.3) is 0 Å². The molecule has 0 spiro atoms. The molecule has 0 aromatic heterocycles. The first kappa shape index (κ1) is 20.7. The maximum absolute atomic E-state index is 13.7. The average molecular weight is 376 g/mol. The van der Waals surface area contributed by atoms with Crippen molar-refractivity contribution in [2.24, 2.45) is 0 Å². The predicted octanol–water partition coefficient (Wildman–Crippen LogP) is 1.11. The van der Waals surface area contributed by atoms with Crippen LogP contribution in [0.4, 0.5) is 4.39 Å². The van der Waals surface area contributed by atoms with Crippen LogP contribution in [0.1, 0.15) is 12.5 Å². The summed E-state index contributed by atoms with van der Waals surface area (Å²) in [6, 6.07) is 6.08. The second kappa shape index (κ2) is 9.86. The Hall–Kier alpha value is -1.31. The highest BCUT2D eigenvalue weighted by Crippen LogP contribution is 2.23. The van der Waals surface area contributed by atoms with Crippen LogP contribution < -0.4 is 16.0 Å². The number of carbonyl (C=O) groups excluding carboxylic acids is 2.